The van der Waals surface area contributed by atoms with Gasteiger partial charge in [0.05, 0.1) is 23.4 Å². The Labute approximate surface area is 177 Å². The molecular weight excluding hydrogens is 374 g/mol. The number of benzene rings is 2. The molecule has 1 aliphatic heterocycles. The Bertz CT molecular complexity index is 1040. The molecule has 1 unspecified atom stereocenters. The Morgan fingerprint density at radius 3 is 2.53 bits per heavy atom. The summed E-state index contributed by atoms with van der Waals surface area (Å²) in [5.74, 6) is 0.691. The lowest BCUT2D eigenvalue weighted by atomic mass is 9.99. The molecule has 0 spiro atoms. The highest BCUT2D eigenvalue weighted by molar-refractivity contribution is 5.81. The lowest BCUT2D eigenvalue weighted by molar-refractivity contribution is 0.112. The third-order valence-corrected chi connectivity index (χ3v) is 5.40. The van der Waals surface area contributed by atoms with Gasteiger partial charge in [-0.2, -0.15) is 5.26 Å². The summed E-state index contributed by atoms with van der Waals surface area (Å²) >= 11 is 0. The SMILES string of the molecule is COC1CNCCN(c2ncc(-c3ccc(C)cc3)c(-c3ccc(C#N)cc3)n2)C1. The lowest BCUT2D eigenvalue weighted by Gasteiger charge is -2.24. The topological polar surface area (TPSA) is 74.1 Å². The number of ether oxygens (including phenoxy) is 1. The summed E-state index contributed by atoms with van der Waals surface area (Å²) in [6.45, 7) is 5.30. The van der Waals surface area contributed by atoms with E-state index >= 15 is 0 Å². The second-order valence-corrected chi connectivity index (χ2v) is 7.50. The molecular formula is C24H25N5O. The van der Waals surface area contributed by atoms with Crippen LogP contribution in [-0.4, -0.2) is 49.4 Å². The number of aromatic nitrogens is 2. The van der Waals surface area contributed by atoms with Crippen molar-refractivity contribution in [2.24, 2.45) is 0 Å². The number of hydrogen-bond acceptors (Lipinski definition) is 6. The molecule has 1 N–H and O–H groups in total. The van der Waals surface area contributed by atoms with Gasteiger partial charge in [-0.3, -0.25) is 0 Å². The summed E-state index contributed by atoms with van der Waals surface area (Å²) in [6.07, 6.45) is 1.99. The third-order valence-electron chi connectivity index (χ3n) is 5.40. The minimum absolute atomic E-state index is 0.0891. The van der Waals surface area contributed by atoms with Crippen molar-refractivity contribution in [1.82, 2.24) is 15.3 Å². The predicted octanol–water partition coefficient (Wildman–Crippen LogP) is 3.42. The maximum Gasteiger partial charge on any atom is 0.226 e. The summed E-state index contributed by atoms with van der Waals surface area (Å²) in [5, 5.41) is 12.5. The third kappa shape index (κ3) is 4.33. The number of nitrogens with zero attached hydrogens (tertiary/aromatic N) is 4. The van der Waals surface area contributed by atoms with Crippen LogP contribution in [0.25, 0.3) is 22.4 Å². The molecule has 6 nitrogen and oxygen atoms in total. The maximum absolute atomic E-state index is 9.15. The van der Waals surface area contributed by atoms with Crippen molar-refractivity contribution in [2.45, 2.75) is 13.0 Å². The van der Waals surface area contributed by atoms with Crippen molar-refractivity contribution in [3.63, 3.8) is 0 Å². The fourth-order valence-electron chi connectivity index (χ4n) is 3.61. The van der Waals surface area contributed by atoms with Crippen LogP contribution in [0.15, 0.2) is 54.7 Å². The molecule has 1 aromatic heterocycles. The first-order valence-corrected chi connectivity index (χ1v) is 10.1. The monoisotopic (exact) mass is 399 g/mol. The minimum Gasteiger partial charge on any atom is -0.378 e. The Balaban J connectivity index is 1.79. The van der Waals surface area contributed by atoms with Crippen LogP contribution >= 0.6 is 0 Å². The van der Waals surface area contributed by atoms with Gasteiger partial charge in [-0.1, -0.05) is 42.0 Å². The van der Waals surface area contributed by atoms with Gasteiger partial charge < -0.3 is 15.0 Å². The zero-order valence-electron chi connectivity index (χ0n) is 17.3. The lowest BCUT2D eigenvalue weighted by Crippen LogP contribution is -2.35. The summed E-state index contributed by atoms with van der Waals surface area (Å²) in [7, 11) is 1.74. The van der Waals surface area contributed by atoms with E-state index in [1.54, 1.807) is 7.11 Å². The van der Waals surface area contributed by atoms with E-state index in [9.17, 15) is 0 Å². The number of methoxy groups -OCH3 is 1. The molecule has 0 radical (unpaired) electrons. The highest BCUT2D eigenvalue weighted by atomic mass is 16.5. The van der Waals surface area contributed by atoms with Crippen molar-refractivity contribution in [3.8, 4) is 28.5 Å². The molecule has 0 saturated carbocycles. The standard InChI is InChI=1S/C24H25N5O/c1-17-3-7-19(8-4-17)22-15-27-24(29-12-11-26-14-21(16-29)30-2)28-23(22)20-9-5-18(13-25)6-10-20/h3-10,15,21,26H,11-12,14,16H2,1-2H3. The van der Waals surface area contributed by atoms with Crippen LogP contribution in [0.2, 0.25) is 0 Å². The normalized spacial score (nSPS) is 16.7. The number of hydrogen-bond donors (Lipinski definition) is 1. The van der Waals surface area contributed by atoms with Gasteiger partial charge in [0.15, 0.2) is 0 Å². The quantitative estimate of drug-likeness (QED) is 0.725. The van der Waals surface area contributed by atoms with E-state index in [2.05, 4.69) is 47.5 Å². The summed E-state index contributed by atoms with van der Waals surface area (Å²) in [5.41, 5.74) is 5.70. The van der Waals surface area contributed by atoms with Gasteiger partial charge >= 0.3 is 0 Å². The van der Waals surface area contributed by atoms with Gasteiger partial charge in [-0.25, -0.2) is 9.97 Å². The Hall–Kier alpha value is -3.27. The van der Waals surface area contributed by atoms with Crippen LogP contribution in [0.3, 0.4) is 0 Å². The van der Waals surface area contributed by atoms with E-state index in [0.29, 0.717) is 11.5 Å². The smallest absolute Gasteiger partial charge is 0.226 e. The zero-order chi connectivity index (χ0) is 20.9. The molecule has 4 rings (SSSR count). The minimum atomic E-state index is 0.0891. The van der Waals surface area contributed by atoms with E-state index in [4.69, 9.17) is 20.0 Å². The van der Waals surface area contributed by atoms with Crippen molar-refractivity contribution < 1.29 is 4.74 Å². The molecule has 2 heterocycles. The van der Waals surface area contributed by atoms with Gasteiger partial charge in [0.25, 0.3) is 0 Å². The molecule has 2 aromatic carbocycles. The first-order valence-electron chi connectivity index (χ1n) is 10.1. The number of nitriles is 1. The molecule has 1 fully saturated rings. The molecule has 0 amide bonds. The van der Waals surface area contributed by atoms with Crippen molar-refractivity contribution in [3.05, 3.63) is 65.9 Å². The van der Waals surface area contributed by atoms with Crippen LogP contribution in [-0.2, 0) is 4.74 Å². The first kappa shape index (κ1) is 20.0. The van der Waals surface area contributed by atoms with Crippen LogP contribution in [0.1, 0.15) is 11.1 Å². The summed E-state index contributed by atoms with van der Waals surface area (Å²) in [6, 6.07) is 18.1. The predicted molar refractivity (Wildman–Crippen MR) is 118 cm³/mol. The molecule has 1 saturated heterocycles. The molecule has 6 heteroatoms. The van der Waals surface area contributed by atoms with E-state index in [1.165, 1.54) is 5.56 Å². The van der Waals surface area contributed by atoms with E-state index in [-0.39, 0.29) is 6.10 Å². The van der Waals surface area contributed by atoms with Crippen molar-refractivity contribution in [2.75, 3.05) is 38.2 Å². The van der Waals surface area contributed by atoms with Crippen LogP contribution in [0.5, 0.6) is 0 Å². The fraction of sp³-hybridized carbons (Fsp3) is 0.292. The van der Waals surface area contributed by atoms with E-state index in [1.807, 2.05) is 30.5 Å². The van der Waals surface area contributed by atoms with Crippen molar-refractivity contribution in [1.29, 1.82) is 5.26 Å². The first-order chi connectivity index (χ1) is 14.7. The Morgan fingerprint density at radius 1 is 1.10 bits per heavy atom. The molecule has 0 aliphatic carbocycles. The van der Waals surface area contributed by atoms with Gasteiger partial charge in [0.2, 0.25) is 5.95 Å². The van der Waals surface area contributed by atoms with Gasteiger partial charge in [-0.15, -0.1) is 0 Å². The van der Waals surface area contributed by atoms with Gasteiger partial charge in [0, 0.05) is 50.6 Å². The highest BCUT2D eigenvalue weighted by Gasteiger charge is 2.21. The number of aryl methyl sites for hydroxylation is 1. The molecule has 152 valence electrons. The van der Waals surface area contributed by atoms with Crippen LogP contribution in [0, 0.1) is 18.3 Å². The largest absolute Gasteiger partial charge is 0.378 e. The van der Waals surface area contributed by atoms with E-state index < -0.39 is 0 Å². The van der Waals surface area contributed by atoms with Crippen molar-refractivity contribution >= 4 is 5.95 Å². The average Bonchev–Trinajstić information content (AvgIpc) is 3.05. The van der Waals surface area contributed by atoms with Gasteiger partial charge in [-0.05, 0) is 24.6 Å². The fourth-order valence-corrected chi connectivity index (χ4v) is 3.61. The molecule has 30 heavy (non-hydrogen) atoms. The second-order valence-electron chi connectivity index (χ2n) is 7.50. The highest BCUT2D eigenvalue weighted by Crippen LogP contribution is 2.32. The zero-order valence-corrected chi connectivity index (χ0v) is 17.3. The number of rotatable bonds is 4. The number of nitrogens with one attached hydrogen (secondary N) is 1. The van der Waals surface area contributed by atoms with Gasteiger partial charge in [0.1, 0.15) is 0 Å². The second kappa shape index (κ2) is 9.04. The van der Waals surface area contributed by atoms with E-state index in [0.717, 1.165) is 48.6 Å². The van der Waals surface area contributed by atoms with Crippen LogP contribution < -0.4 is 10.2 Å². The molecule has 1 aliphatic rings. The Kier molecular flexibility index (Phi) is 6.03. The number of anilines is 1. The summed E-state index contributed by atoms with van der Waals surface area (Å²) < 4.78 is 5.58. The maximum atomic E-state index is 9.15. The average molecular weight is 399 g/mol. The summed E-state index contributed by atoms with van der Waals surface area (Å²) in [4.78, 5) is 11.9. The molecule has 0 bridgehead atoms. The van der Waals surface area contributed by atoms with Crippen LogP contribution in [0.4, 0.5) is 5.95 Å². The molecule has 1 atom stereocenters. The Morgan fingerprint density at radius 2 is 1.83 bits per heavy atom. The molecule has 3 aromatic rings.